The summed E-state index contributed by atoms with van der Waals surface area (Å²) in [6.07, 6.45) is 0.869. The smallest absolute Gasteiger partial charge is 0.233 e. The highest BCUT2D eigenvalue weighted by Gasteiger charge is 1.97. The molecule has 0 fully saturated rings. The summed E-state index contributed by atoms with van der Waals surface area (Å²) in [6.45, 7) is 0.662. The molecule has 88 valence electrons. The van der Waals surface area contributed by atoms with E-state index >= 15 is 0 Å². The fourth-order valence-electron chi connectivity index (χ4n) is 1.09. The Morgan fingerprint density at radius 2 is 2.06 bits per heavy atom. The summed E-state index contributed by atoms with van der Waals surface area (Å²) in [5.74, 6) is 0.530. The number of nitrogens with one attached hydrogen (secondary N) is 1. The summed E-state index contributed by atoms with van der Waals surface area (Å²) in [7, 11) is 0. The van der Waals surface area contributed by atoms with Crippen LogP contribution in [0.4, 0.5) is 4.39 Å². The summed E-state index contributed by atoms with van der Waals surface area (Å²) >= 11 is 1.64. The fraction of sp³-hybridized carbons (Fsp3) is 0.364. The third kappa shape index (κ3) is 5.14. The molecule has 0 aromatic heterocycles. The Kier molecular flexibility index (Phi) is 5.88. The van der Waals surface area contributed by atoms with Crippen LogP contribution in [0.5, 0.6) is 0 Å². The van der Waals surface area contributed by atoms with Crippen LogP contribution >= 0.6 is 11.8 Å². The van der Waals surface area contributed by atoms with E-state index in [9.17, 15) is 9.18 Å². The quantitative estimate of drug-likeness (QED) is 0.585. The zero-order valence-corrected chi connectivity index (χ0v) is 9.73. The zero-order valence-electron chi connectivity index (χ0n) is 8.91. The van der Waals surface area contributed by atoms with Gasteiger partial charge in [0, 0.05) is 11.4 Å². The molecule has 0 aliphatic heterocycles. The molecule has 1 aromatic carbocycles. The maximum absolute atomic E-state index is 12.6. The van der Waals surface area contributed by atoms with E-state index in [1.165, 1.54) is 12.1 Å². The Morgan fingerprint density at radius 3 is 2.69 bits per heavy atom. The largest absolute Gasteiger partial charge is 0.355 e. The van der Waals surface area contributed by atoms with Crippen LogP contribution in [0.2, 0.25) is 0 Å². The lowest BCUT2D eigenvalue weighted by molar-refractivity contribution is -0.119. The Morgan fingerprint density at radius 1 is 1.38 bits per heavy atom. The van der Waals surface area contributed by atoms with Gasteiger partial charge >= 0.3 is 0 Å². The maximum atomic E-state index is 12.6. The molecule has 5 heteroatoms. The standard InChI is InChI=1S/C11H15FN2OS/c12-9-2-4-10(5-3-9)16-7-1-6-14-11(15)8-13/h2-5H,1,6-8,13H2,(H,14,15). The summed E-state index contributed by atoms with van der Waals surface area (Å²) < 4.78 is 12.6. The molecule has 1 amide bonds. The number of thioether (sulfide) groups is 1. The van der Waals surface area contributed by atoms with Gasteiger partial charge in [-0.1, -0.05) is 0 Å². The second-order valence-corrected chi connectivity index (χ2v) is 4.38. The van der Waals surface area contributed by atoms with E-state index in [0.717, 1.165) is 17.1 Å². The number of benzene rings is 1. The normalized spacial score (nSPS) is 10.1. The van der Waals surface area contributed by atoms with Crippen molar-refractivity contribution in [3.8, 4) is 0 Å². The predicted molar refractivity (Wildman–Crippen MR) is 63.8 cm³/mol. The molecule has 0 saturated carbocycles. The lowest BCUT2D eigenvalue weighted by Gasteiger charge is -2.03. The van der Waals surface area contributed by atoms with Gasteiger partial charge in [-0.2, -0.15) is 0 Å². The van der Waals surface area contributed by atoms with Crippen molar-refractivity contribution in [2.24, 2.45) is 5.73 Å². The van der Waals surface area contributed by atoms with Gasteiger partial charge in [0.2, 0.25) is 5.91 Å². The first kappa shape index (κ1) is 13.0. The molecule has 0 heterocycles. The SMILES string of the molecule is NCC(=O)NCCCSc1ccc(F)cc1. The molecule has 0 radical (unpaired) electrons. The van der Waals surface area contributed by atoms with Crippen LogP contribution in [0.1, 0.15) is 6.42 Å². The van der Waals surface area contributed by atoms with Crippen LogP contribution < -0.4 is 11.1 Å². The average molecular weight is 242 g/mol. The monoisotopic (exact) mass is 242 g/mol. The number of halogens is 1. The Labute approximate surface area is 98.6 Å². The molecule has 0 unspecified atom stereocenters. The van der Waals surface area contributed by atoms with Gasteiger partial charge < -0.3 is 11.1 Å². The van der Waals surface area contributed by atoms with E-state index in [2.05, 4.69) is 5.32 Å². The van der Waals surface area contributed by atoms with Crippen molar-refractivity contribution in [1.82, 2.24) is 5.32 Å². The minimum atomic E-state index is -0.223. The Bertz CT molecular complexity index is 329. The molecule has 0 saturated heterocycles. The first-order chi connectivity index (χ1) is 7.72. The summed E-state index contributed by atoms with van der Waals surface area (Å²) in [5.41, 5.74) is 5.14. The number of hydrogen-bond acceptors (Lipinski definition) is 3. The molecular formula is C11H15FN2OS. The number of carbonyl (C=O) groups is 1. The van der Waals surface area contributed by atoms with Crippen molar-refractivity contribution >= 4 is 17.7 Å². The summed E-state index contributed by atoms with van der Waals surface area (Å²) in [5, 5.41) is 2.69. The molecule has 0 aliphatic rings. The highest BCUT2D eigenvalue weighted by atomic mass is 32.2. The highest BCUT2D eigenvalue weighted by Crippen LogP contribution is 2.18. The molecule has 0 atom stereocenters. The topological polar surface area (TPSA) is 55.1 Å². The number of hydrogen-bond donors (Lipinski definition) is 2. The summed E-state index contributed by atoms with van der Waals surface area (Å²) in [6, 6.07) is 6.38. The van der Waals surface area contributed by atoms with E-state index in [1.54, 1.807) is 23.9 Å². The molecule has 0 bridgehead atoms. The van der Waals surface area contributed by atoms with Crippen LogP contribution in [0.15, 0.2) is 29.2 Å². The Hall–Kier alpha value is -1.07. The van der Waals surface area contributed by atoms with Gasteiger partial charge in [-0.05, 0) is 36.4 Å². The van der Waals surface area contributed by atoms with Gasteiger partial charge in [0.25, 0.3) is 0 Å². The van der Waals surface area contributed by atoms with Gasteiger partial charge in [-0.3, -0.25) is 4.79 Å². The van der Waals surface area contributed by atoms with Gasteiger partial charge in [-0.15, -0.1) is 11.8 Å². The maximum Gasteiger partial charge on any atom is 0.233 e. The van der Waals surface area contributed by atoms with E-state index in [0.29, 0.717) is 6.54 Å². The molecule has 0 spiro atoms. The van der Waals surface area contributed by atoms with Crippen LogP contribution in [-0.2, 0) is 4.79 Å². The molecule has 16 heavy (non-hydrogen) atoms. The van der Waals surface area contributed by atoms with Crippen LogP contribution in [-0.4, -0.2) is 24.7 Å². The molecule has 1 aromatic rings. The molecule has 1 rings (SSSR count). The molecule has 3 N–H and O–H groups in total. The zero-order chi connectivity index (χ0) is 11.8. The van der Waals surface area contributed by atoms with Gasteiger partial charge in [0.1, 0.15) is 5.82 Å². The van der Waals surface area contributed by atoms with Crippen molar-refractivity contribution in [3.63, 3.8) is 0 Å². The predicted octanol–water partition coefficient (Wildman–Crippen LogP) is 1.38. The average Bonchev–Trinajstić information content (AvgIpc) is 2.31. The second-order valence-electron chi connectivity index (χ2n) is 3.21. The van der Waals surface area contributed by atoms with Gasteiger partial charge in [-0.25, -0.2) is 4.39 Å². The molecule has 0 aliphatic carbocycles. The first-order valence-corrected chi connectivity index (χ1v) is 6.06. The van der Waals surface area contributed by atoms with Crippen LogP contribution in [0.25, 0.3) is 0 Å². The minimum absolute atomic E-state index is 0.0328. The lowest BCUT2D eigenvalue weighted by atomic mass is 10.4. The number of rotatable bonds is 6. The number of nitrogens with two attached hydrogens (primary N) is 1. The third-order valence-corrected chi connectivity index (χ3v) is 3.01. The van der Waals surface area contributed by atoms with E-state index in [-0.39, 0.29) is 18.3 Å². The van der Waals surface area contributed by atoms with E-state index in [4.69, 9.17) is 5.73 Å². The van der Waals surface area contributed by atoms with E-state index < -0.39 is 0 Å². The van der Waals surface area contributed by atoms with Gasteiger partial charge in [0.05, 0.1) is 6.54 Å². The molecule has 3 nitrogen and oxygen atoms in total. The van der Waals surface area contributed by atoms with E-state index in [1.807, 2.05) is 0 Å². The molecular weight excluding hydrogens is 227 g/mol. The highest BCUT2D eigenvalue weighted by molar-refractivity contribution is 7.99. The lowest BCUT2D eigenvalue weighted by Crippen LogP contribution is -2.31. The van der Waals surface area contributed by atoms with Crippen molar-refractivity contribution in [1.29, 1.82) is 0 Å². The number of carbonyl (C=O) groups excluding carboxylic acids is 1. The number of amides is 1. The van der Waals surface area contributed by atoms with Crippen molar-refractivity contribution in [3.05, 3.63) is 30.1 Å². The van der Waals surface area contributed by atoms with Crippen LogP contribution in [0, 0.1) is 5.82 Å². The van der Waals surface area contributed by atoms with Crippen molar-refractivity contribution in [2.75, 3.05) is 18.8 Å². The third-order valence-electron chi connectivity index (χ3n) is 1.91. The second kappa shape index (κ2) is 7.24. The fourth-order valence-corrected chi connectivity index (χ4v) is 1.95. The van der Waals surface area contributed by atoms with Crippen molar-refractivity contribution < 1.29 is 9.18 Å². The summed E-state index contributed by atoms with van der Waals surface area (Å²) in [4.78, 5) is 11.8. The van der Waals surface area contributed by atoms with Crippen LogP contribution in [0.3, 0.4) is 0 Å². The minimum Gasteiger partial charge on any atom is -0.355 e. The first-order valence-electron chi connectivity index (χ1n) is 5.07. The van der Waals surface area contributed by atoms with Gasteiger partial charge in [0.15, 0.2) is 0 Å². The Balaban J connectivity index is 2.11. The van der Waals surface area contributed by atoms with Crippen molar-refractivity contribution in [2.45, 2.75) is 11.3 Å².